The minimum atomic E-state index is -4.04. The molecule has 0 saturated heterocycles. The van der Waals surface area contributed by atoms with Crippen molar-refractivity contribution in [2.24, 2.45) is 10.2 Å². The minimum Gasteiger partial charge on any atom is -0.271 e. The molecule has 0 aromatic heterocycles. The third-order valence-electron chi connectivity index (χ3n) is 3.08. The Balaban J connectivity index is 2.36. The zero-order chi connectivity index (χ0) is 17.9. The molecule has 0 spiro atoms. The molecule has 0 saturated carbocycles. The number of anilines is 1. The van der Waals surface area contributed by atoms with Gasteiger partial charge in [-0.2, -0.15) is 5.10 Å². The fraction of sp³-hybridized carbons (Fsp3) is 0.0714. The Hall–Kier alpha value is -2.49. The van der Waals surface area contributed by atoms with Gasteiger partial charge in [0.05, 0.1) is 15.5 Å². The molecule has 0 atom stereocenters. The first kappa shape index (κ1) is 17.9. The van der Waals surface area contributed by atoms with Gasteiger partial charge in [0.15, 0.2) is 0 Å². The molecule has 0 aliphatic heterocycles. The number of primary sulfonamides is 1. The number of sulfonamides is 1. The Morgan fingerprint density at radius 2 is 2.00 bits per heavy atom. The van der Waals surface area contributed by atoms with Gasteiger partial charge in [-0.05, 0) is 36.8 Å². The molecular weight excluding hydrogens is 356 g/mol. The summed E-state index contributed by atoms with van der Waals surface area (Å²) in [5.41, 5.74) is 3.42. The van der Waals surface area contributed by atoms with Crippen molar-refractivity contribution in [3.05, 3.63) is 63.2 Å². The summed E-state index contributed by atoms with van der Waals surface area (Å²) < 4.78 is 22.6. The average Bonchev–Trinajstić information content (AvgIpc) is 2.51. The smallest absolute Gasteiger partial charge is 0.271 e. The molecule has 2 rings (SSSR count). The van der Waals surface area contributed by atoms with Gasteiger partial charge in [0, 0.05) is 11.1 Å². The van der Waals surface area contributed by atoms with Crippen molar-refractivity contribution in [2.45, 2.75) is 11.8 Å². The molecule has 0 heterocycles. The lowest BCUT2D eigenvalue weighted by Crippen LogP contribution is -2.12. The van der Waals surface area contributed by atoms with Crippen LogP contribution in [-0.4, -0.2) is 19.1 Å². The van der Waals surface area contributed by atoms with Crippen molar-refractivity contribution < 1.29 is 13.3 Å². The van der Waals surface area contributed by atoms with Crippen LogP contribution < -0.4 is 10.6 Å². The van der Waals surface area contributed by atoms with Crippen molar-refractivity contribution in [1.82, 2.24) is 0 Å². The van der Waals surface area contributed by atoms with Crippen LogP contribution >= 0.6 is 11.6 Å². The zero-order valence-corrected chi connectivity index (χ0v) is 14.0. The summed E-state index contributed by atoms with van der Waals surface area (Å²) in [6.07, 6.45) is 0. The van der Waals surface area contributed by atoms with E-state index < -0.39 is 20.6 Å². The molecule has 0 bridgehead atoms. The second kappa shape index (κ2) is 6.95. The molecule has 10 heteroatoms. The van der Waals surface area contributed by atoms with Crippen molar-refractivity contribution in [1.29, 1.82) is 0 Å². The predicted molar refractivity (Wildman–Crippen MR) is 91.8 cm³/mol. The molecule has 2 aromatic rings. The van der Waals surface area contributed by atoms with E-state index in [0.29, 0.717) is 10.7 Å². The number of benzene rings is 2. The average molecular weight is 369 g/mol. The van der Waals surface area contributed by atoms with E-state index in [-0.39, 0.29) is 10.6 Å². The van der Waals surface area contributed by atoms with Gasteiger partial charge in [-0.3, -0.25) is 15.5 Å². The molecule has 3 N–H and O–H groups in total. The first-order valence-electron chi connectivity index (χ1n) is 6.56. The number of hydrogen-bond acceptors (Lipinski definition) is 6. The van der Waals surface area contributed by atoms with Gasteiger partial charge in [0.2, 0.25) is 10.0 Å². The molecule has 0 aliphatic carbocycles. The molecule has 0 amide bonds. The van der Waals surface area contributed by atoms with E-state index in [4.69, 9.17) is 16.7 Å². The third-order valence-corrected chi connectivity index (χ3v) is 4.23. The number of hydrogen-bond donors (Lipinski definition) is 2. The van der Waals surface area contributed by atoms with Crippen LogP contribution in [0.25, 0.3) is 0 Å². The van der Waals surface area contributed by atoms with E-state index in [9.17, 15) is 18.5 Å². The Kier molecular flexibility index (Phi) is 5.17. The highest BCUT2D eigenvalue weighted by Gasteiger charge is 2.19. The van der Waals surface area contributed by atoms with Crippen molar-refractivity contribution in [2.75, 3.05) is 5.43 Å². The third kappa shape index (κ3) is 4.28. The number of nitro groups is 1. The lowest BCUT2D eigenvalue weighted by molar-refractivity contribution is -0.384. The first-order valence-corrected chi connectivity index (χ1v) is 8.48. The SMILES string of the molecule is C/C(=N/Nc1ccc(S(N)(=O)=O)cc1[N+](=O)[O-])c1cccc(Cl)c1. The van der Waals surface area contributed by atoms with Crippen LogP contribution in [0.3, 0.4) is 0 Å². The van der Waals surface area contributed by atoms with Crippen molar-refractivity contribution in [3.63, 3.8) is 0 Å². The Labute approximate surface area is 143 Å². The van der Waals surface area contributed by atoms with Crippen molar-refractivity contribution in [3.8, 4) is 0 Å². The van der Waals surface area contributed by atoms with Gasteiger partial charge < -0.3 is 0 Å². The molecule has 24 heavy (non-hydrogen) atoms. The number of nitrogens with two attached hydrogens (primary N) is 1. The van der Waals surface area contributed by atoms with Crippen LogP contribution in [0.4, 0.5) is 11.4 Å². The standard InChI is InChI=1S/C14H13ClN4O4S/c1-9(10-3-2-4-11(15)7-10)17-18-13-6-5-12(24(16,22)23)8-14(13)19(20)21/h2-8,18H,1H3,(H2,16,22,23)/b17-9-. The molecule has 0 radical (unpaired) electrons. The highest BCUT2D eigenvalue weighted by Crippen LogP contribution is 2.27. The van der Waals surface area contributed by atoms with Gasteiger partial charge in [-0.15, -0.1) is 0 Å². The van der Waals surface area contributed by atoms with Crippen LogP contribution in [0, 0.1) is 10.1 Å². The van der Waals surface area contributed by atoms with E-state index in [1.54, 1.807) is 31.2 Å². The number of halogens is 1. The molecule has 126 valence electrons. The summed E-state index contributed by atoms with van der Waals surface area (Å²) in [7, 11) is -4.04. The fourth-order valence-corrected chi connectivity index (χ4v) is 2.58. The molecule has 0 unspecified atom stereocenters. The number of nitro benzene ring substituents is 1. The summed E-state index contributed by atoms with van der Waals surface area (Å²) in [4.78, 5) is 10.1. The number of rotatable bonds is 5. The van der Waals surface area contributed by atoms with Gasteiger partial charge >= 0.3 is 0 Å². The molecular formula is C14H13ClN4O4S. The molecule has 8 nitrogen and oxygen atoms in total. The summed E-state index contributed by atoms with van der Waals surface area (Å²) in [6, 6.07) is 10.2. The first-order chi connectivity index (χ1) is 11.2. The molecule has 2 aromatic carbocycles. The number of nitrogens with one attached hydrogen (secondary N) is 1. The van der Waals surface area contributed by atoms with Crippen molar-refractivity contribution >= 4 is 38.7 Å². The van der Waals surface area contributed by atoms with Crippen LogP contribution in [0.2, 0.25) is 5.02 Å². The Morgan fingerprint density at radius 3 is 2.58 bits per heavy atom. The van der Waals surface area contributed by atoms with Crippen LogP contribution in [0.1, 0.15) is 12.5 Å². The summed E-state index contributed by atoms with van der Waals surface area (Å²) in [5, 5.41) is 20.7. The number of hydrazone groups is 1. The predicted octanol–water partition coefficient (Wildman–Crippen LogP) is 2.73. The van der Waals surface area contributed by atoms with E-state index in [1.807, 2.05) is 0 Å². The van der Waals surface area contributed by atoms with E-state index in [0.717, 1.165) is 17.7 Å². The highest BCUT2D eigenvalue weighted by atomic mass is 35.5. The monoisotopic (exact) mass is 368 g/mol. The summed E-state index contributed by atoms with van der Waals surface area (Å²) in [6.45, 7) is 1.70. The molecule has 0 aliphatic rings. The number of nitrogens with zero attached hydrogens (tertiary/aromatic N) is 2. The maximum absolute atomic E-state index is 11.3. The van der Waals surface area contributed by atoms with Gasteiger partial charge in [-0.1, -0.05) is 23.7 Å². The lowest BCUT2D eigenvalue weighted by atomic mass is 10.1. The molecule has 0 fully saturated rings. The van der Waals surface area contributed by atoms with Crippen LogP contribution in [-0.2, 0) is 10.0 Å². The normalized spacial score (nSPS) is 12.0. The Bertz CT molecular complexity index is 928. The maximum atomic E-state index is 11.3. The topological polar surface area (TPSA) is 128 Å². The van der Waals surface area contributed by atoms with E-state index in [2.05, 4.69) is 10.5 Å². The van der Waals surface area contributed by atoms with Gasteiger partial charge in [-0.25, -0.2) is 13.6 Å². The van der Waals surface area contributed by atoms with Crippen LogP contribution in [0.5, 0.6) is 0 Å². The van der Waals surface area contributed by atoms with Gasteiger partial charge in [0.25, 0.3) is 5.69 Å². The highest BCUT2D eigenvalue weighted by molar-refractivity contribution is 7.89. The fourth-order valence-electron chi connectivity index (χ4n) is 1.86. The largest absolute Gasteiger partial charge is 0.295 e. The quantitative estimate of drug-likeness (QED) is 0.476. The second-order valence-electron chi connectivity index (χ2n) is 4.80. The maximum Gasteiger partial charge on any atom is 0.295 e. The van der Waals surface area contributed by atoms with E-state index >= 15 is 0 Å². The summed E-state index contributed by atoms with van der Waals surface area (Å²) >= 11 is 5.90. The summed E-state index contributed by atoms with van der Waals surface area (Å²) in [5.74, 6) is 0. The minimum absolute atomic E-state index is 0.0359. The van der Waals surface area contributed by atoms with Gasteiger partial charge in [0.1, 0.15) is 5.69 Å². The lowest BCUT2D eigenvalue weighted by Gasteiger charge is -2.06. The van der Waals surface area contributed by atoms with Crippen LogP contribution in [0.15, 0.2) is 52.5 Å². The zero-order valence-electron chi connectivity index (χ0n) is 12.4. The second-order valence-corrected chi connectivity index (χ2v) is 6.80. The Morgan fingerprint density at radius 1 is 1.29 bits per heavy atom. The van der Waals surface area contributed by atoms with E-state index in [1.165, 1.54) is 6.07 Å².